The summed E-state index contributed by atoms with van der Waals surface area (Å²) < 4.78 is 9.23. The molecule has 1 aromatic carbocycles. The van der Waals surface area contributed by atoms with Crippen molar-refractivity contribution in [2.75, 3.05) is 6.54 Å². The smallest absolute Gasteiger partial charge is 0.429 e. The van der Waals surface area contributed by atoms with Crippen LogP contribution in [0.15, 0.2) is 24.3 Å². The van der Waals surface area contributed by atoms with Gasteiger partial charge < -0.3 is 19.9 Å². The molecule has 1 aliphatic rings. The number of β-amino-alcohol motifs (C(OH)–C–C–N with tert-alkyl or cyclic N) is 1. The summed E-state index contributed by atoms with van der Waals surface area (Å²) in [6.07, 6.45) is -1.63. The average Bonchev–Trinajstić information content (AvgIpc) is 2.92. The van der Waals surface area contributed by atoms with Crippen LogP contribution in [-0.2, 0) is 20.9 Å². The van der Waals surface area contributed by atoms with Gasteiger partial charge in [0.25, 0.3) is 5.69 Å². The van der Waals surface area contributed by atoms with Gasteiger partial charge in [0.2, 0.25) is 0 Å². The molecule has 9 heteroatoms. The second kappa shape index (κ2) is 6.96. The van der Waals surface area contributed by atoms with Gasteiger partial charge >= 0.3 is 12.1 Å². The number of hydrogen-bond donors (Lipinski definition) is 2. The van der Waals surface area contributed by atoms with Crippen molar-refractivity contribution in [3.8, 4) is 0 Å². The third-order valence-electron chi connectivity index (χ3n) is 3.08. The number of nitro groups is 1. The van der Waals surface area contributed by atoms with E-state index in [0.717, 1.165) is 0 Å². The van der Waals surface area contributed by atoms with Crippen molar-refractivity contribution in [1.29, 1.82) is 0 Å². The van der Waals surface area contributed by atoms with Gasteiger partial charge in [-0.2, -0.15) is 0 Å². The van der Waals surface area contributed by atoms with Crippen molar-refractivity contribution in [1.82, 2.24) is 5.32 Å². The molecule has 0 aliphatic carbocycles. The zero-order chi connectivity index (χ0) is 16.1. The minimum Gasteiger partial charge on any atom is -0.429 e. The Labute approximate surface area is 125 Å². The fourth-order valence-electron chi connectivity index (χ4n) is 1.94. The quantitative estimate of drug-likeness (QED) is 0.356. The van der Waals surface area contributed by atoms with E-state index in [-0.39, 0.29) is 25.3 Å². The van der Waals surface area contributed by atoms with E-state index in [1.807, 2.05) is 0 Å². The van der Waals surface area contributed by atoms with Crippen LogP contribution in [0.3, 0.4) is 0 Å². The SMILES string of the molecule is O=C(OCc1ccc([N+](=O)[O-])cc1)OC(=O)[C@@H]1CC(O)CN1. The van der Waals surface area contributed by atoms with E-state index < -0.39 is 29.2 Å². The Bertz CT molecular complexity index is 572. The lowest BCUT2D eigenvalue weighted by Crippen LogP contribution is -2.33. The van der Waals surface area contributed by atoms with Gasteiger partial charge in [0.15, 0.2) is 0 Å². The molecule has 0 radical (unpaired) electrons. The molecule has 118 valence electrons. The Morgan fingerprint density at radius 2 is 2.05 bits per heavy atom. The second-order valence-electron chi connectivity index (χ2n) is 4.73. The zero-order valence-electron chi connectivity index (χ0n) is 11.4. The number of aliphatic hydroxyl groups is 1. The summed E-state index contributed by atoms with van der Waals surface area (Å²) in [5.41, 5.74) is 0.441. The summed E-state index contributed by atoms with van der Waals surface area (Å²) in [6, 6.07) is 4.68. The van der Waals surface area contributed by atoms with Gasteiger partial charge in [-0.05, 0) is 17.7 Å². The molecule has 0 aromatic heterocycles. The summed E-state index contributed by atoms with van der Waals surface area (Å²) in [7, 11) is 0. The molecule has 2 N–H and O–H groups in total. The number of carbonyl (C=O) groups excluding carboxylic acids is 2. The Hall–Kier alpha value is -2.52. The fourth-order valence-corrected chi connectivity index (χ4v) is 1.94. The molecular formula is C13H14N2O7. The molecule has 0 spiro atoms. The lowest BCUT2D eigenvalue weighted by atomic mass is 10.2. The summed E-state index contributed by atoms with van der Waals surface area (Å²) >= 11 is 0. The first-order valence-corrected chi connectivity index (χ1v) is 6.49. The molecule has 2 rings (SSSR count). The number of non-ortho nitro benzene ring substituents is 1. The number of benzene rings is 1. The van der Waals surface area contributed by atoms with Crippen LogP contribution in [0.4, 0.5) is 10.5 Å². The molecule has 9 nitrogen and oxygen atoms in total. The number of aliphatic hydroxyl groups excluding tert-OH is 1. The Morgan fingerprint density at radius 3 is 2.59 bits per heavy atom. The van der Waals surface area contributed by atoms with Crippen LogP contribution in [0.1, 0.15) is 12.0 Å². The van der Waals surface area contributed by atoms with E-state index in [0.29, 0.717) is 5.56 Å². The lowest BCUT2D eigenvalue weighted by molar-refractivity contribution is -0.384. The predicted molar refractivity (Wildman–Crippen MR) is 71.8 cm³/mol. The molecule has 1 unspecified atom stereocenters. The minimum atomic E-state index is -1.16. The highest BCUT2D eigenvalue weighted by Gasteiger charge is 2.31. The van der Waals surface area contributed by atoms with Crippen molar-refractivity contribution in [3.63, 3.8) is 0 Å². The maximum atomic E-state index is 11.6. The van der Waals surface area contributed by atoms with Crippen LogP contribution in [0.25, 0.3) is 0 Å². The second-order valence-corrected chi connectivity index (χ2v) is 4.73. The third kappa shape index (κ3) is 4.24. The van der Waals surface area contributed by atoms with E-state index in [9.17, 15) is 24.8 Å². The highest BCUT2D eigenvalue weighted by atomic mass is 16.7. The van der Waals surface area contributed by atoms with Gasteiger partial charge in [0.05, 0.1) is 11.0 Å². The van der Waals surface area contributed by atoms with Crippen LogP contribution in [-0.4, -0.2) is 40.8 Å². The van der Waals surface area contributed by atoms with Crippen LogP contribution >= 0.6 is 0 Å². The number of carbonyl (C=O) groups is 2. The summed E-state index contributed by atoms with van der Waals surface area (Å²) in [4.78, 5) is 32.9. The first-order chi connectivity index (χ1) is 10.5. The van der Waals surface area contributed by atoms with E-state index in [1.54, 1.807) is 0 Å². The normalized spacial score (nSPS) is 20.4. The Morgan fingerprint density at radius 1 is 1.36 bits per heavy atom. The molecule has 0 bridgehead atoms. The van der Waals surface area contributed by atoms with Gasteiger partial charge in [0, 0.05) is 25.1 Å². The molecule has 1 fully saturated rings. The molecular weight excluding hydrogens is 296 g/mol. The number of esters is 1. The maximum Gasteiger partial charge on any atom is 0.516 e. The van der Waals surface area contributed by atoms with Crippen molar-refractivity contribution >= 4 is 17.8 Å². The molecule has 1 aliphatic heterocycles. The van der Waals surface area contributed by atoms with Gasteiger partial charge in [0.1, 0.15) is 12.6 Å². The molecule has 1 heterocycles. The van der Waals surface area contributed by atoms with Gasteiger partial charge in [-0.3, -0.25) is 10.1 Å². The molecule has 22 heavy (non-hydrogen) atoms. The number of nitrogens with zero attached hydrogens (tertiary/aromatic N) is 1. The van der Waals surface area contributed by atoms with Crippen molar-refractivity contribution in [2.45, 2.75) is 25.2 Å². The van der Waals surface area contributed by atoms with Crippen LogP contribution in [0, 0.1) is 10.1 Å². The lowest BCUT2D eigenvalue weighted by Gasteiger charge is -2.09. The van der Waals surface area contributed by atoms with E-state index in [1.165, 1.54) is 24.3 Å². The Balaban J connectivity index is 1.77. The third-order valence-corrected chi connectivity index (χ3v) is 3.08. The number of nitrogens with one attached hydrogen (secondary N) is 1. The highest BCUT2D eigenvalue weighted by molar-refractivity contribution is 5.85. The minimum absolute atomic E-state index is 0.0765. The van der Waals surface area contributed by atoms with Crippen LogP contribution < -0.4 is 5.32 Å². The average molecular weight is 310 g/mol. The first kappa shape index (κ1) is 15.9. The van der Waals surface area contributed by atoms with E-state index in [2.05, 4.69) is 10.1 Å². The first-order valence-electron chi connectivity index (χ1n) is 6.49. The number of ether oxygens (including phenoxy) is 2. The van der Waals surface area contributed by atoms with Crippen molar-refractivity contribution < 1.29 is 29.1 Å². The molecule has 1 saturated heterocycles. The van der Waals surface area contributed by atoms with Crippen LogP contribution in [0.5, 0.6) is 0 Å². The highest BCUT2D eigenvalue weighted by Crippen LogP contribution is 2.13. The van der Waals surface area contributed by atoms with Gasteiger partial charge in [-0.1, -0.05) is 0 Å². The largest absolute Gasteiger partial charge is 0.516 e. The van der Waals surface area contributed by atoms with E-state index >= 15 is 0 Å². The van der Waals surface area contributed by atoms with Gasteiger partial charge in [-0.15, -0.1) is 0 Å². The van der Waals surface area contributed by atoms with Crippen molar-refractivity contribution in [2.24, 2.45) is 0 Å². The summed E-state index contributed by atoms with van der Waals surface area (Å²) in [5.74, 6) is -0.815. The molecule has 1 aromatic rings. The molecule has 0 saturated carbocycles. The molecule has 0 amide bonds. The van der Waals surface area contributed by atoms with Gasteiger partial charge in [-0.25, -0.2) is 9.59 Å². The number of hydrogen-bond acceptors (Lipinski definition) is 8. The van der Waals surface area contributed by atoms with Crippen molar-refractivity contribution in [3.05, 3.63) is 39.9 Å². The molecule has 2 atom stereocenters. The Kier molecular flexibility index (Phi) is 5.02. The summed E-state index contributed by atoms with van der Waals surface area (Å²) in [5, 5.41) is 22.5. The topological polar surface area (TPSA) is 128 Å². The maximum absolute atomic E-state index is 11.6. The predicted octanol–water partition coefficient (Wildman–Crippen LogP) is 0.497. The zero-order valence-corrected chi connectivity index (χ0v) is 11.4. The monoisotopic (exact) mass is 310 g/mol. The standard InChI is InChI=1S/C13H14N2O7/c16-10-5-11(14-6-10)12(17)22-13(18)21-7-8-1-3-9(4-2-8)15(19)20/h1-4,10-11,14,16H,5-7H2/t10?,11-/m0/s1. The summed E-state index contributed by atoms with van der Waals surface area (Å²) in [6.45, 7) is 0.0858. The number of nitro benzene ring substituents is 1. The fraction of sp³-hybridized carbons (Fsp3) is 0.385. The number of rotatable bonds is 4. The van der Waals surface area contributed by atoms with E-state index in [4.69, 9.17) is 4.74 Å². The van der Waals surface area contributed by atoms with Crippen LogP contribution in [0.2, 0.25) is 0 Å².